The topological polar surface area (TPSA) is 0 Å². The lowest BCUT2D eigenvalue weighted by Gasteiger charge is -2.37. The van der Waals surface area contributed by atoms with Crippen molar-refractivity contribution in [2.24, 2.45) is 17.3 Å². The van der Waals surface area contributed by atoms with Gasteiger partial charge in [-0.05, 0) is 49.4 Å². The van der Waals surface area contributed by atoms with Crippen molar-refractivity contribution in [3.63, 3.8) is 0 Å². The van der Waals surface area contributed by atoms with E-state index < -0.39 is 0 Å². The summed E-state index contributed by atoms with van der Waals surface area (Å²) in [6.07, 6.45) is 9.58. The predicted octanol–water partition coefficient (Wildman–Crippen LogP) is 2.59. The van der Waals surface area contributed by atoms with Crippen molar-refractivity contribution in [1.29, 1.82) is 0 Å². The number of hydrogen-bond donors (Lipinski definition) is 0. The summed E-state index contributed by atoms with van der Waals surface area (Å²) in [5, 5.41) is 0. The zero-order valence-corrected chi connectivity index (χ0v) is 5.90. The Kier molecular flexibility index (Phi) is 0.640. The molecule has 1 unspecified atom stereocenters. The highest BCUT2D eigenvalue weighted by Gasteiger charge is 2.58. The van der Waals surface area contributed by atoms with Crippen LogP contribution in [0.3, 0.4) is 0 Å². The molecule has 4 rings (SSSR count). The molecule has 0 heteroatoms. The third-order valence-electron chi connectivity index (χ3n) is 4.10. The van der Waals surface area contributed by atoms with Crippen LogP contribution in [0.15, 0.2) is 0 Å². The lowest BCUT2D eigenvalue weighted by Crippen LogP contribution is -2.27. The van der Waals surface area contributed by atoms with Gasteiger partial charge in [0.1, 0.15) is 0 Å². The largest absolute Gasteiger partial charge is 0.0525 e. The van der Waals surface area contributed by atoms with Gasteiger partial charge >= 0.3 is 0 Å². The third kappa shape index (κ3) is 0.395. The first-order valence-corrected chi connectivity index (χ1v) is 4.39. The summed E-state index contributed by atoms with van der Waals surface area (Å²) >= 11 is 0. The average Bonchev–Trinajstić information content (AvgIpc) is 2.11. The zero-order valence-electron chi connectivity index (χ0n) is 5.90. The summed E-state index contributed by atoms with van der Waals surface area (Å²) in [7, 11) is 0. The molecule has 0 saturated heterocycles. The molecule has 0 N–H and O–H groups in total. The monoisotopic (exact) mass is 122 g/mol. The molecular formula is C9H14. The van der Waals surface area contributed by atoms with E-state index in [9.17, 15) is 0 Å². The molecule has 1 spiro atoms. The van der Waals surface area contributed by atoms with Crippen LogP contribution < -0.4 is 0 Å². The van der Waals surface area contributed by atoms with Crippen LogP contribution in [0.4, 0.5) is 0 Å². The van der Waals surface area contributed by atoms with Crippen LogP contribution in [0, 0.1) is 17.3 Å². The van der Waals surface area contributed by atoms with E-state index in [-0.39, 0.29) is 0 Å². The van der Waals surface area contributed by atoms with Gasteiger partial charge in [0.25, 0.3) is 0 Å². The molecule has 4 saturated carbocycles. The molecule has 50 valence electrons. The van der Waals surface area contributed by atoms with Crippen molar-refractivity contribution in [2.45, 2.75) is 38.5 Å². The Bertz CT molecular complexity index is 134. The van der Waals surface area contributed by atoms with Crippen molar-refractivity contribution in [3.05, 3.63) is 0 Å². The lowest BCUT2D eigenvalue weighted by atomic mass is 9.67. The van der Waals surface area contributed by atoms with Gasteiger partial charge < -0.3 is 0 Å². The molecule has 0 aromatic rings. The molecule has 0 aromatic carbocycles. The summed E-state index contributed by atoms with van der Waals surface area (Å²) in [5.74, 6) is 2.39. The van der Waals surface area contributed by atoms with Gasteiger partial charge in [-0.25, -0.2) is 0 Å². The summed E-state index contributed by atoms with van der Waals surface area (Å²) < 4.78 is 0. The van der Waals surface area contributed by atoms with Gasteiger partial charge in [0, 0.05) is 0 Å². The van der Waals surface area contributed by atoms with E-state index in [4.69, 9.17) is 0 Å². The van der Waals surface area contributed by atoms with Crippen LogP contribution in [0.2, 0.25) is 0 Å². The van der Waals surface area contributed by atoms with Gasteiger partial charge in [-0.2, -0.15) is 0 Å². The molecule has 9 heavy (non-hydrogen) atoms. The smallest absolute Gasteiger partial charge is 0.0264 e. The van der Waals surface area contributed by atoms with Crippen LogP contribution in [-0.4, -0.2) is 0 Å². The summed E-state index contributed by atoms with van der Waals surface area (Å²) in [6, 6.07) is 0. The summed E-state index contributed by atoms with van der Waals surface area (Å²) in [6.45, 7) is 0. The van der Waals surface area contributed by atoms with Gasteiger partial charge in [0.05, 0.1) is 0 Å². The van der Waals surface area contributed by atoms with Crippen LogP contribution in [-0.2, 0) is 0 Å². The highest BCUT2D eigenvalue weighted by molar-refractivity contribution is 5.08. The Morgan fingerprint density at radius 1 is 1.22 bits per heavy atom. The average molecular weight is 122 g/mol. The molecule has 0 aromatic heterocycles. The van der Waals surface area contributed by atoms with E-state index in [2.05, 4.69) is 0 Å². The Balaban J connectivity index is 2.00. The van der Waals surface area contributed by atoms with Crippen LogP contribution in [0.5, 0.6) is 0 Å². The maximum Gasteiger partial charge on any atom is -0.0264 e. The third-order valence-corrected chi connectivity index (χ3v) is 4.10. The standard InChI is InChI=1S/C9H14/c1-2-8-4-7-5-9(8,3-1)6-7/h7-8H,1-6H2. The molecule has 0 nitrogen and oxygen atoms in total. The van der Waals surface area contributed by atoms with Gasteiger partial charge in [-0.15, -0.1) is 0 Å². The highest BCUT2D eigenvalue weighted by Crippen LogP contribution is 2.68. The van der Waals surface area contributed by atoms with Gasteiger partial charge in [0.15, 0.2) is 0 Å². The van der Waals surface area contributed by atoms with E-state index >= 15 is 0 Å². The zero-order chi connectivity index (χ0) is 5.90. The minimum absolute atomic E-state index is 0.949. The second-order valence-electron chi connectivity index (χ2n) is 4.46. The van der Waals surface area contributed by atoms with Crippen molar-refractivity contribution in [1.82, 2.24) is 0 Å². The van der Waals surface area contributed by atoms with E-state index in [1.165, 1.54) is 11.8 Å². The minimum Gasteiger partial charge on any atom is -0.0525 e. The molecular weight excluding hydrogens is 108 g/mol. The minimum atomic E-state index is 0.949. The molecule has 4 aliphatic rings. The van der Waals surface area contributed by atoms with Crippen LogP contribution in [0.1, 0.15) is 38.5 Å². The fraction of sp³-hybridized carbons (Fsp3) is 1.00. The first-order valence-electron chi connectivity index (χ1n) is 4.39. The molecule has 4 aliphatic carbocycles. The Morgan fingerprint density at radius 2 is 2.11 bits per heavy atom. The van der Waals surface area contributed by atoms with Gasteiger partial charge in [0.2, 0.25) is 0 Å². The quantitative estimate of drug-likeness (QED) is 0.463. The van der Waals surface area contributed by atoms with Crippen molar-refractivity contribution in [2.75, 3.05) is 0 Å². The maximum atomic E-state index is 1.62. The Labute approximate surface area is 56.6 Å². The molecule has 4 fully saturated rings. The van der Waals surface area contributed by atoms with Crippen molar-refractivity contribution >= 4 is 0 Å². The SMILES string of the molecule is C1CC2CC3CC2(C1)C3. The van der Waals surface area contributed by atoms with Gasteiger partial charge in [-0.3, -0.25) is 0 Å². The number of rotatable bonds is 0. The van der Waals surface area contributed by atoms with E-state index in [0.717, 1.165) is 5.41 Å². The Hall–Kier alpha value is 0. The van der Waals surface area contributed by atoms with E-state index in [0.29, 0.717) is 0 Å². The van der Waals surface area contributed by atoms with E-state index in [1.54, 1.807) is 38.5 Å². The van der Waals surface area contributed by atoms with Crippen molar-refractivity contribution < 1.29 is 0 Å². The van der Waals surface area contributed by atoms with E-state index in [1.807, 2.05) is 0 Å². The van der Waals surface area contributed by atoms with Crippen LogP contribution >= 0.6 is 0 Å². The van der Waals surface area contributed by atoms with Crippen molar-refractivity contribution in [3.8, 4) is 0 Å². The molecule has 1 atom stereocenters. The Morgan fingerprint density at radius 3 is 2.89 bits per heavy atom. The maximum absolute atomic E-state index is 1.62. The first kappa shape index (κ1) is 4.76. The second kappa shape index (κ2) is 1.21. The molecule has 0 aliphatic heterocycles. The summed E-state index contributed by atoms with van der Waals surface area (Å²) in [5.41, 5.74) is 0.949. The predicted molar refractivity (Wildman–Crippen MR) is 37.1 cm³/mol. The molecule has 2 bridgehead atoms. The number of hydrogen-bond acceptors (Lipinski definition) is 0. The second-order valence-corrected chi connectivity index (χ2v) is 4.46. The van der Waals surface area contributed by atoms with Crippen LogP contribution in [0.25, 0.3) is 0 Å². The first-order chi connectivity index (χ1) is 4.39. The fourth-order valence-corrected chi connectivity index (χ4v) is 3.78. The fourth-order valence-electron chi connectivity index (χ4n) is 3.78. The molecule has 0 heterocycles. The molecule has 0 radical (unpaired) electrons. The lowest BCUT2D eigenvalue weighted by molar-refractivity contribution is 0.127. The molecule has 0 amide bonds. The van der Waals surface area contributed by atoms with Gasteiger partial charge in [-0.1, -0.05) is 6.42 Å². The highest BCUT2D eigenvalue weighted by atomic mass is 14.6. The summed E-state index contributed by atoms with van der Waals surface area (Å²) in [4.78, 5) is 0. The normalized spacial score (nSPS) is 61.3.